The third kappa shape index (κ3) is 6.83. The van der Waals surface area contributed by atoms with E-state index in [4.69, 9.17) is 0 Å². The third-order valence-corrected chi connectivity index (χ3v) is 6.77. The van der Waals surface area contributed by atoms with Crippen molar-refractivity contribution in [2.75, 3.05) is 19.6 Å². The molecule has 0 atom stereocenters. The van der Waals surface area contributed by atoms with E-state index < -0.39 is 0 Å². The number of carbonyl (C=O) groups is 1. The highest BCUT2D eigenvalue weighted by Crippen LogP contribution is 2.23. The van der Waals surface area contributed by atoms with Gasteiger partial charge < -0.3 is 9.80 Å². The predicted molar refractivity (Wildman–Crippen MR) is 138 cm³/mol. The van der Waals surface area contributed by atoms with E-state index in [-0.39, 0.29) is 18.3 Å². The second kappa shape index (κ2) is 11.9. The molecule has 1 heterocycles. The minimum atomic E-state index is 0. The van der Waals surface area contributed by atoms with Crippen LogP contribution in [0.5, 0.6) is 0 Å². The van der Waals surface area contributed by atoms with E-state index in [0.29, 0.717) is 12.5 Å². The van der Waals surface area contributed by atoms with Gasteiger partial charge >= 0.3 is 0 Å². The van der Waals surface area contributed by atoms with Crippen LogP contribution in [0.3, 0.4) is 0 Å². The normalized spacial score (nSPS) is 14.8. The summed E-state index contributed by atoms with van der Waals surface area (Å²) in [6.45, 7) is 16.9. The van der Waals surface area contributed by atoms with Crippen molar-refractivity contribution in [1.82, 2.24) is 9.80 Å². The number of halogens is 1. The van der Waals surface area contributed by atoms with Crippen molar-refractivity contribution in [2.45, 2.75) is 79.8 Å². The Hall–Kier alpha value is -1.84. The number of aryl methyl sites for hydroxylation is 5. The molecule has 1 aliphatic rings. The number of carbonyl (C=O) groups excluding carboxylic acids is 1. The van der Waals surface area contributed by atoms with Crippen molar-refractivity contribution in [3.05, 3.63) is 69.3 Å². The zero-order valence-electron chi connectivity index (χ0n) is 20.8. The van der Waals surface area contributed by atoms with Crippen LogP contribution in [0.15, 0.2) is 30.3 Å². The van der Waals surface area contributed by atoms with Gasteiger partial charge in [0.05, 0.1) is 0 Å². The molecule has 32 heavy (non-hydrogen) atoms. The molecule has 0 bridgehead atoms. The number of benzene rings is 2. The topological polar surface area (TPSA) is 23.6 Å². The summed E-state index contributed by atoms with van der Waals surface area (Å²) in [5.74, 6) is 0.281. The lowest BCUT2D eigenvalue weighted by atomic mass is 9.96. The van der Waals surface area contributed by atoms with Crippen LogP contribution >= 0.6 is 12.4 Å². The Bertz CT molecular complexity index is 872. The Labute approximate surface area is 201 Å². The maximum absolute atomic E-state index is 12.8. The van der Waals surface area contributed by atoms with Crippen LogP contribution in [0.4, 0.5) is 0 Å². The molecule has 1 fully saturated rings. The number of piperidine rings is 1. The molecule has 1 amide bonds. The Morgan fingerprint density at radius 3 is 1.97 bits per heavy atom. The molecule has 0 aromatic heterocycles. The van der Waals surface area contributed by atoms with Crippen LogP contribution in [0.1, 0.15) is 65.1 Å². The monoisotopic (exact) mass is 456 g/mol. The molecule has 176 valence electrons. The molecule has 1 aliphatic heterocycles. The maximum Gasteiger partial charge on any atom is 0.222 e. The molecule has 4 heteroatoms. The summed E-state index contributed by atoms with van der Waals surface area (Å²) in [5.41, 5.74) is 9.49. The fourth-order valence-corrected chi connectivity index (χ4v) is 5.31. The highest BCUT2D eigenvalue weighted by atomic mass is 35.5. The highest BCUT2D eigenvalue weighted by molar-refractivity contribution is 5.85. The molecule has 3 rings (SSSR count). The van der Waals surface area contributed by atoms with Crippen molar-refractivity contribution < 1.29 is 4.79 Å². The Morgan fingerprint density at radius 1 is 0.906 bits per heavy atom. The highest BCUT2D eigenvalue weighted by Gasteiger charge is 2.27. The van der Waals surface area contributed by atoms with E-state index in [2.05, 4.69) is 74.8 Å². The lowest BCUT2D eigenvalue weighted by molar-refractivity contribution is -0.135. The number of hydrogen-bond acceptors (Lipinski definition) is 2. The molecule has 0 spiro atoms. The summed E-state index contributed by atoms with van der Waals surface area (Å²) in [7, 11) is 0. The van der Waals surface area contributed by atoms with E-state index in [1.807, 2.05) is 6.92 Å². The lowest BCUT2D eigenvalue weighted by Crippen LogP contribution is -2.47. The van der Waals surface area contributed by atoms with E-state index in [9.17, 15) is 4.79 Å². The van der Waals surface area contributed by atoms with Gasteiger partial charge in [0.1, 0.15) is 0 Å². The Balaban J connectivity index is 0.00000363. The minimum Gasteiger partial charge on any atom is -0.335 e. The molecule has 0 saturated carbocycles. The standard InChI is InChI=1S/C28H40N2O.ClH/c1-7-28(31)30(19-25-17-20(2)14-21(3)18-25)26-8-11-29(12-9-26)13-10-27-23(5)15-22(4)16-24(27)6;/h14-18,26H,7-13,19H2,1-6H3;1H. The molecule has 3 nitrogen and oxygen atoms in total. The van der Waals surface area contributed by atoms with Crippen LogP contribution < -0.4 is 0 Å². The molecule has 0 N–H and O–H groups in total. The van der Waals surface area contributed by atoms with Crippen molar-refractivity contribution >= 4 is 18.3 Å². The zero-order valence-corrected chi connectivity index (χ0v) is 21.6. The smallest absolute Gasteiger partial charge is 0.222 e. The first kappa shape index (κ1) is 26.4. The summed E-state index contributed by atoms with van der Waals surface area (Å²) in [6.07, 6.45) is 3.84. The van der Waals surface area contributed by atoms with E-state index in [1.54, 1.807) is 0 Å². The summed E-state index contributed by atoms with van der Waals surface area (Å²) in [4.78, 5) is 17.5. The number of nitrogens with zero attached hydrogens (tertiary/aromatic N) is 2. The first-order chi connectivity index (χ1) is 14.8. The van der Waals surface area contributed by atoms with Crippen molar-refractivity contribution in [1.29, 1.82) is 0 Å². The van der Waals surface area contributed by atoms with Gasteiger partial charge in [-0.25, -0.2) is 0 Å². The van der Waals surface area contributed by atoms with Gasteiger partial charge in [0.2, 0.25) is 5.91 Å². The van der Waals surface area contributed by atoms with E-state index >= 15 is 0 Å². The quantitative estimate of drug-likeness (QED) is 0.502. The zero-order chi connectivity index (χ0) is 22.5. The fourth-order valence-electron chi connectivity index (χ4n) is 5.31. The van der Waals surface area contributed by atoms with Gasteiger partial charge in [-0.3, -0.25) is 4.79 Å². The average Bonchev–Trinajstić information content (AvgIpc) is 2.70. The molecular formula is C28H41ClN2O. The Morgan fingerprint density at radius 2 is 1.44 bits per heavy atom. The van der Waals surface area contributed by atoms with E-state index in [1.165, 1.54) is 38.9 Å². The van der Waals surface area contributed by atoms with Gasteiger partial charge in [0, 0.05) is 38.6 Å². The predicted octanol–water partition coefficient (Wildman–Crippen LogP) is 6.10. The number of rotatable bonds is 7. The summed E-state index contributed by atoms with van der Waals surface area (Å²) in [6, 6.07) is 11.6. The largest absolute Gasteiger partial charge is 0.335 e. The molecule has 2 aromatic carbocycles. The SMILES string of the molecule is CCC(=O)N(Cc1cc(C)cc(C)c1)C1CCN(CCc2c(C)cc(C)cc2C)CC1.Cl. The summed E-state index contributed by atoms with van der Waals surface area (Å²) < 4.78 is 0. The summed E-state index contributed by atoms with van der Waals surface area (Å²) >= 11 is 0. The van der Waals surface area contributed by atoms with Gasteiger partial charge in [-0.1, -0.05) is 53.9 Å². The number of amides is 1. The van der Waals surface area contributed by atoms with Crippen LogP contribution in [0.25, 0.3) is 0 Å². The van der Waals surface area contributed by atoms with Crippen LogP contribution in [-0.4, -0.2) is 41.4 Å². The first-order valence-corrected chi connectivity index (χ1v) is 11.9. The Kier molecular flexibility index (Phi) is 9.79. The van der Waals surface area contributed by atoms with Gasteiger partial charge in [-0.05, 0) is 76.1 Å². The van der Waals surface area contributed by atoms with Crippen LogP contribution in [0, 0.1) is 34.6 Å². The molecular weight excluding hydrogens is 416 g/mol. The van der Waals surface area contributed by atoms with Crippen LogP contribution in [-0.2, 0) is 17.8 Å². The number of likely N-dealkylation sites (tertiary alicyclic amines) is 1. The van der Waals surface area contributed by atoms with E-state index in [0.717, 1.165) is 45.4 Å². The molecule has 0 unspecified atom stereocenters. The van der Waals surface area contributed by atoms with Gasteiger partial charge in [-0.15, -0.1) is 12.4 Å². The van der Waals surface area contributed by atoms with Gasteiger partial charge in [0.15, 0.2) is 0 Å². The first-order valence-electron chi connectivity index (χ1n) is 11.9. The van der Waals surface area contributed by atoms with Gasteiger partial charge in [0.25, 0.3) is 0 Å². The second-order valence-electron chi connectivity index (χ2n) is 9.57. The number of hydrogen-bond donors (Lipinski definition) is 0. The lowest BCUT2D eigenvalue weighted by Gasteiger charge is -2.39. The van der Waals surface area contributed by atoms with Crippen molar-refractivity contribution in [3.63, 3.8) is 0 Å². The molecule has 1 saturated heterocycles. The summed E-state index contributed by atoms with van der Waals surface area (Å²) in [5, 5.41) is 0. The molecule has 2 aromatic rings. The fraction of sp³-hybridized carbons (Fsp3) is 0.536. The average molecular weight is 457 g/mol. The van der Waals surface area contributed by atoms with Gasteiger partial charge in [-0.2, -0.15) is 0 Å². The minimum absolute atomic E-state index is 0. The van der Waals surface area contributed by atoms with Crippen LogP contribution in [0.2, 0.25) is 0 Å². The molecule has 0 aliphatic carbocycles. The van der Waals surface area contributed by atoms with Crippen molar-refractivity contribution in [3.8, 4) is 0 Å². The maximum atomic E-state index is 12.8. The third-order valence-electron chi connectivity index (χ3n) is 6.77. The van der Waals surface area contributed by atoms with Crippen molar-refractivity contribution in [2.24, 2.45) is 0 Å². The molecule has 0 radical (unpaired) electrons. The second-order valence-corrected chi connectivity index (χ2v) is 9.57.